The molecule has 2 fully saturated rings. The van der Waals surface area contributed by atoms with Crippen LogP contribution in [0, 0.1) is 5.92 Å². The van der Waals surface area contributed by atoms with Gasteiger partial charge in [0, 0.05) is 37.8 Å². The lowest BCUT2D eigenvalue weighted by Crippen LogP contribution is -2.42. The zero-order valence-corrected chi connectivity index (χ0v) is 13.4. The molecule has 0 radical (unpaired) electrons. The average Bonchev–Trinajstić information content (AvgIpc) is 3.06. The highest BCUT2D eigenvalue weighted by atomic mass is 15.2. The van der Waals surface area contributed by atoms with Gasteiger partial charge >= 0.3 is 0 Å². The zero-order chi connectivity index (χ0) is 13.8. The van der Waals surface area contributed by atoms with E-state index in [9.17, 15) is 0 Å². The molecule has 0 aromatic rings. The quantitative estimate of drug-likeness (QED) is 0.727. The Kier molecular flexibility index (Phi) is 5.67. The number of nitrogens with zero attached hydrogens (tertiary/aromatic N) is 2. The van der Waals surface area contributed by atoms with Crippen molar-refractivity contribution in [3.8, 4) is 0 Å². The molecule has 0 aromatic heterocycles. The third-order valence-electron chi connectivity index (χ3n) is 4.64. The minimum Gasteiger partial charge on any atom is -0.314 e. The van der Waals surface area contributed by atoms with Crippen LogP contribution in [0.15, 0.2) is 0 Å². The molecule has 0 spiro atoms. The maximum Gasteiger partial charge on any atom is 0.0115 e. The summed E-state index contributed by atoms with van der Waals surface area (Å²) in [6.45, 7) is 15.6. The molecule has 2 aliphatic rings. The molecule has 1 saturated carbocycles. The normalized spacial score (nSPS) is 25.1. The Bertz CT molecular complexity index is 253. The SMILES string of the molecule is CC(C)N(CCN1CCC(CNC2CC2)C1)C(C)C. The summed E-state index contributed by atoms with van der Waals surface area (Å²) in [6, 6.07) is 2.19. The molecule has 19 heavy (non-hydrogen) atoms. The maximum atomic E-state index is 3.68. The first kappa shape index (κ1) is 15.3. The fourth-order valence-electron chi connectivity index (χ4n) is 3.27. The van der Waals surface area contributed by atoms with Crippen LogP contribution in [0.4, 0.5) is 0 Å². The van der Waals surface area contributed by atoms with Gasteiger partial charge in [-0.05, 0) is 66.0 Å². The molecule has 1 unspecified atom stereocenters. The Morgan fingerprint density at radius 2 is 1.79 bits per heavy atom. The molecule has 1 aliphatic carbocycles. The fraction of sp³-hybridized carbons (Fsp3) is 1.00. The second kappa shape index (κ2) is 7.05. The van der Waals surface area contributed by atoms with E-state index in [-0.39, 0.29) is 0 Å². The molecule has 3 heteroatoms. The summed E-state index contributed by atoms with van der Waals surface area (Å²) in [4.78, 5) is 5.27. The van der Waals surface area contributed by atoms with Crippen molar-refractivity contribution in [2.75, 3.05) is 32.7 Å². The summed E-state index contributed by atoms with van der Waals surface area (Å²) >= 11 is 0. The lowest BCUT2D eigenvalue weighted by Gasteiger charge is -2.32. The second-order valence-corrected chi connectivity index (χ2v) is 7.06. The van der Waals surface area contributed by atoms with Crippen LogP contribution in [-0.4, -0.2) is 60.6 Å². The van der Waals surface area contributed by atoms with Crippen LogP contribution in [0.3, 0.4) is 0 Å². The third-order valence-corrected chi connectivity index (χ3v) is 4.64. The predicted octanol–water partition coefficient (Wildman–Crippen LogP) is 2.18. The van der Waals surface area contributed by atoms with Crippen molar-refractivity contribution in [1.82, 2.24) is 15.1 Å². The van der Waals surface area contributed by atoms with E-state index in [0.717, 1.165) is 12.0 Å². The molecule has 1 atom stereocenters. The van der Waals surface area contributed by atoms with Crippen molar-refractivity contribution in [2.24, 2.45) is 5.92 Å². The summed E-state index contributed by atoms with van der Waals surface area (Å²) in [6.07, 6.45) is 4.21. The van der Waals surface area contributed by atoms with E-state index < -0.39 is 0 Å². The molecule has 1 heterocycles. The first-order valence-corrected chi connectivity index (χ1v) is 8.27. The van der Waals surface area contributed by atoms with Gasteiger partial charge < -0.3 is 10.2 Å². The Labute approximate surface area is 119 Å². The highest BCUT2D eigenvalue weighted by Gasteiger charge is 2.26. The Morgan fingerprint density at radius 1 is 1.11 bits per heavy atom. The van der Waals surface area contributed by atoms with Crippen LogP contribution in [0.5, 0.6) is 0 Å². The van der Waals surface area contributed by atoms with Crippen LogP contribution in [-0.2, 0) is 0 Å². The lowest BCUT2D eigenvalue weighted by molar-refractivity contribution is 0.151. The highest BCUT2D eigenvalue weighted by molar-refractivity contribution is 4.85. The molecule has 0 amide bonds. The van der Waals surface area contributed by atoms with E-state index >= 15 is 0 Å². The molecule has 1 aliphatic heterocycles. The van der Waals surface area contributed by atoms with E-state index in [1.807, 2.05) is 0 Å². The van der Waals surface area contributed by atoms with Gasteiger partial charge in [-0.15, -0.1) is 0 Å². The van der Waals surface area contributed by atoms with Crippen molar-refractivity contribution in [3.05, 3.63) is 0 Å². The number of rotatable bonds is 8. The largest absolute Gasteiger partial charge is 0.314 e. The van der Waals surface area contributed by atoms with Crippen LogP contribution < -0.4 is 5.32 Å². The molecule has 1 N–H and O–H groups in total. The second-order valence-electron chi connectivity index (χ2n) is 7.06. The highest BCUT2D eigenvalue weighted by Crippen LogP contribution is 2.21. The summed E-state index contributed by atoms with van der Waals surface area (Å²) in [5, 5.41) is 3.68. The number of hydrogen-bond donors (Lipinski definition) is 1. The number of nitrogens with one attached hydrogen (secondary N) is 1. The predicted molar refractivity (Wildman–Crippen MR) is 82.5 cm³/mol. The minimum atomic E-state index is 0.662. The smallest absolute Gasteiger partial charge is 0.0115 e. The van der Waals surface area contributed by atoms with Gasteiger partial charge in [-0.2, -0.15) is 0 Å². The van der Waals surface area contributed by atoms with Gasteiger partial charge in [0.05, 0.1) is 0 Å². The van der Waals surface area contributed by atoms with Crippen molar-refractivity contribution in [1.29, 1.82) is 0 Å². The van der Waals surface area contributed by atoms with Gasteiger partial charge in [0.1, 0.15) is 0 Å². The van der Waals surface area contributed by atoms with Gasteiger partial charge in [0.25, 0.3) is 0 Å². The Morgan fingerprint density at radius 3 is 2.37 bits per heavy atom. The van der Waals surface area contributed by atoms with Crippen molar-refractivity contribution >= 4 is 0 Å². The summed E-state index contributed by atoms with van der Waals surface area (Å²) < 4.78 is 0. The minimum absolute atomic E-state index is 0.662. The van der Waals surface area contributed by atoms with Gasteiger partial charge in [-0.3, -0.25) is 4.90 Å². The first-order chi connectivity index (χ1) is 9.06. The molecule has 3 nitrogen and oxygen atoms in total. The molecule has 0 aromatic carbocycles. The van der Waals surface area contributed by atoms with Crippen LogP contribution in [0.1, 0.15) is 47.0 Å². The molecule has 112 valence electrons. The standard InChI is InChI=1S/C16H33N3/c1-13(2)19(14(3)4)10-9-18-8-7-15(12-18)11-17-16-5-6-16/h13-17H,5-12H2,1-4H3. The number of hydrogen-bond acceptors (Lipinski definition) is 3. The monoisotopic (exact) mass is 267 g/mol. The van der Waals surface area contributed by atoms with Gasteiger partial charge in [-0.1, -0.05) is 0 Å². The molecule has 2 rings (SSSR count). The van der Waals surface area contributed by atoms with Crippen molar-refractivity contribution in [2.45, 2.75) is 65.1 Å². The van der Waals surface area contributed by atoms with E-state index in [1.54, 1.807) is 0 Å². The van der Waals surface area contributed by atoms with Crippen LogP contribution in [0.25, 0.3) is 0 Å². The Hall–Kier alpha value is -0.120. The molecular formula is C16H33N3. The average molecular weight is 267 g/mol. The molecule has 1 saturated heterocycles. The summed E-state index contributed by atoms with van der Waals surface area (Å²) in [5.41, 5.74) is 0. The van der Waals surface area contributed by atoms with Crippen LogP contribution >= 0.6 is 0 Å². The molecule has 0 bridgehead atoms. The molecular weight excluding hydrogens is 234 g/mol. The summed E-state index contributed by atoms with van der Waals surface area (Å²) in [5.74, 6) is 0.896. The van der Waals surface area contributed by atoms with Gasteiger partial charge in [-0.25, -0.2) is 0 Å². The first-order valence-electron chi connectivity index (χ1n) is 8.27. The Balaban J connectivity index is 1.63. The van der Waals surface area contributed by atoms with E-state index in [1.165, 1.54) is 52.0 Å². The third kappa shape index (κ3) is 5.05. The van der Waals surface area contributed by atoms with E-state index in [2.05, 4.69) is 42.8 Å². The number of likely N-dealkylation sites (tertiary alicyclic amines) is 1. The maximum absolute atomic E-state index is 3.68. The zero-order valence-electron chi connectivity index (χ0n) is 13.4. The van der Waals surface area contributed by atoms with Crippen molar-refractivity contribution < 1.29 is 0 Å². The topological polar surface area (TPSA) is 18.5 Å². The summed E-state index contributed by atoms with van der Waals surface area (Å²) in [7, 11) is 0. The van der Waals surface area contributed by atoms with Crippen LogP contribution in [0.2, 0.25) is 0 Å². The fourth-order valence-corrected chi connectivity index (χ4v) is 3.27. The van der Waals surface area contributed by atoms with E-state index in [4.69, 9.17) is 0 Å². The van der Waals surface area contributed by atoms with Gasteiger partial charge in [0.15, 0.2) is 0 Å². The lowest BCUT2D eigenvalue weighted by atomic mass is 10.1. The van der Waals surface area contributed by atoms with Gasteiger partial charge in [0.2, 0.25) is 0 Å². The van der Waals surface area contributed by atoms with Crippen molar-refractivity contribution in [3.63, 3.8) is 0 Å². The van der Waals surface area contributed by atoms with E-state index in [0.29, 0.717) is 12.1 Å².